The van der Waals surface area contributed by atoms with E-state index in [0.29, 0.717) is 6.61 Å². The highest BCUT2D eigenvalue weighted by molar-refractivity contribution is 5.97. The van der Waals surface area contributed by atoms with Crippen LogP contribution in [0.1, 0.15) is 46.6 Å². The van der Waals surface area contributed by atoms with Crippen molar-refractivity contribution in [3.8, 4) is 0 Å². The molecule has 0 radical (unpaired) electrons. The van der Waals surface area contributed by atoms with Crippen LogP contribution in [-0.4, -0.2) is 36.4 Å². The van der Waals surface area contributed by atoms with Gasteiger partial charge in [-0.05, 0) is 52.7 Å². The van der Waals surface area contributed by atoms with Crippen molar-refractivity contribution in [1.82, 2.24) is 0 Å². The second-order valence-electron chi connectivity index (χ2n) is 6.97. The van der Waals surface area contributed by atoms with Crippen molar-refractivity contribution >= 4 is 17.8 Å². The Hall–Kier alpha value is -2.24. The number of esters is 1. The van der Waals surface area contributed by atoms with Crippen LogP contribution in [0.3, 0.4) is 0 Å². The Kier molecular flexibility index (Phi) is 9.68. The zero-order valence-electron chi connectivity index (χ0n) is 16.8. The molecular formula is C22H30O5. The monoisotopic (exact) mass is 374 g/mol. The second kappa shape index (κ2) is 11.5. The fourth-order valence-electron chi connectivity index (χ4n) is 2.22. The summed E-state index contributed by atoms with van der Waals surface area (Å²) in [6, 6.07) is 9.53. The molecule has 148 valence electrons. The minimum atomic E-state index is -0.745. The van der Waals surface area contributed by atoms with E-state index in [1.54, 1.807) is 39.8 Å². The highest BCUT2D eigenvalue weighted by Crippen LogP contribution is 2.11. The molecule has 5 nitrogen and oxygen atoms in total. The molecule has 0 aliphatic carbocycles. The fraction of sp³-hybridized carbons (Fsp3) is 0.455. The molecule has 0 spiro atoms. The van der Waals surface area contributed by atoms with E-state index in [0.717, 1.165) is 5.56 Å². The van der Waals surface area contributed by atoms with Gasteiger partial charge in [-0.2, -0.15) is 0 Å². The Balaban J connectivity index is 2.75. The van der Waals surface area contributed by atoms with Gasteiger partial charge < -0.3 is 14.2 Å². The van der Waals surface area contributed by atoms with Crippen LogP contribution in [0, 0.1) is 0 Å². The summed E-state index contributed by atoms with van der Waals surface area (Å²) in [5.41, 5.74) is 0.362. The van der Waals surface area contributed by atoms with Crippen molar-refractivity contribution in [3.63, 3.8) is 0 Å². The second-order valence-corrected chi connectivity index (χ2v) is 6.97. The van der Waals surface area contributed by atoms with Crippen LogP contribution >= 0.6 is 0 Å². The number of hydrogen-bond acceptors (Lipinski definition) is 5. The van der Waals surface area contributed by atoms with E-state index in [1.165, 1.54) is 12.2 Å². The number of ketones is 1. The van der Waals surface area contributed by atoms with Gasteiger partial charge >= 0.3 is 5.97 Å². The molecule has 0 aromatic heterocycles. The lowest BCUT2D eigenvalue weighted by Gasteiger charge is -2.20. The number of ether oxygens (including phenoxy) is 3. The van der Waals surface area contributed by atoms with Crippen molar-refractivity contribution < 1.29 is 23.8 Å². The zero-order valence-corrected chi connectivity index (χ0v) is 16.8. The van der Waals surface area contributed by atoms with Gasteiger partial charge in [-0.3, -0.25) is 4.79 Å². The van der Waals surface area contributed by atoms with Crippen LogP contribution in [0.4, 0.5) is 0 Å². The molecular weight excluding hydrogens is 344 g/mol. The molecule has 0 aliphatic rings. The summed E-state index contributed by atoms with van der Waals surface area (Å²) in [7, 11) is 0. The molecule has 0 N–H and O–H groups in total. The number of rotatable bonds is 10. The molecule has 0 heterocycles. The summed E-state index contributed by atoms with van der Waals surface area (Å²) in [5.74, 6) is -0.648. The van der Waals surface area contributed by atoms with E-state index in [4.69, 9.17) is 14.2 Å². The Morgan fingerprint density at radius 2 is 1.78 bits per heavy atom. The van der Waals surface area contributed by atoms with Crippen molar-refractivity contribution in [2.75, 3.05) is 6.61 Å². The first-order chi connectivity index (χ1) is 12.7. The molecule has 1 aromatic carbocycles. The summed E-state index contributed by atoms with van der Waals surface area (Å²) in [6.07, 6.45) is 5.11. The SMILES string of the molecule is CCOC(C)O[C@@H](C/C=C/C(=O)OC(C)(C)C)C(=O)/C=C/c1ccccc1. The predicted octanol–water partition coefficient (Wildman–Crippen LogP) is 4.32. The van der Waals surface area contributed by atoms with Crippen molar-refractivity contribution in [2.24, 2.45) is 0 Å². The molecule has 0 aliphatic heterocycles. The molecule has 0 saturated carbocycles. The topological polar surface area (TPSA) is 61.8 Å². The molecule has 0 saturated heterocycles. The van der Waals surface area contributed by atoms with Crippen LogP contribution in [0.25, 0.3) is 6.08 Å². The molecule has 0 fully saturated rings. The molecule has 0 amide bonds. The number of hydrogen-bond donors (Lipinski definition) is 0. The van der Waals surface area contributed by atoms with Crippen LogP contribution in [0.5, 0.6) is 0 Å². The first-order valence-electron chi connectivity index (χ1n) is 9.15. The van der Waals surface area contributed by atoms with E-state index in [2.05, 4.69) is 0 Å². The zero-order chi connectivity index (χ0) is 20.3. The summed E-state index contributed by atoms with van der Waals surface area (Å²) in [6.45, 7) is 9.47. The van der Waals surface area contributed by atoms with Gasteiger partial charge in [-0.15, -0.1) is 0 Å². The van der Waals surface area contributed by atoms with E-state index in [1.807, 2.05) is 37.3 Å². The average molecular weight is 374 g/mol. The van der Waals surface area contributed by atoms with Gasteiger partial charge in [0.05, 0.1) is 0 Å². The lowest BCUT2D eigenvalue weighted by Crippen LogP contribution is -2.28. The van der Waals surface area contributed by atoms with E-state index in [-0.39, 0.29) is 12.2 Å². The lowest BCUT2D eigenvalue weighted by molar-refractivity contribution is -0.166. The van der Waals surface area contributed by atoms with Gasteiger partial charge in [0.2, 0.25) is 0 Å². The van der Waals surface area contributed by atoms with Crippen LogP contribution < -0.4 is 0 Å². The van der Waals surface area contributed by atoms with Crippen molar-refractivity contribution in [3.05, 3.63) is 54.1 Å². The molecule has 2 atom stereocenters. The first kappa shape index (κ1) is 22.8. The highest BCUT2D eigenvalue weighted by atomic mass is 16.7. The predicted molar refractivity (Wildman–Crippen MR) is 106 cm³/mol. The minimum Gasteiger partial charge on any atom is -0.457 e. The van der Waals surface area contributed by atoms with E-state index >= 15 is 0 Å². The Labute approximate surface area is 162 Å². The Morgan fingerprint density at radius 3 is 2.37 bits per heavy atom. The molecule has 0 bridgehead atoms. The van der Waals surface area contributed by atoms with E-state index in [9.17, 15) is 9.59 Å². The summed E-state index contributed by atoms with van der Waals surface area (Å²) in [5, 5.41) is 0. The third kappa shape index (κ3) is 10.5. The Bertz CT molecular complexity index is 640. The molecule has 27 heavy (non-hydrogen) atoms. The largest absolute Gasteiger partial charge is 0.457 e. The van der Waals surface area contributed by atoms with Gasteiger partial charge in [0.25, 0.3) is 0 Å². The Morgan fingerprint density at radius 1 is 1.11 bits per heavy atom. The molecule has 1 unspecified atom stereocenters. The number of benzene rings is 1. The number of carbonyl (C=O) groups excluding carboxylic acids is 2. The van der Waals surface area contributed by atoms with Crippen molar-refractivity contribution in [2.45, 2.75) is 59.0 Å². The van der Waals surface area contributed by atoms with Crippen LogP contribution in [0.2, 0.25) is 0 Å². The summed E-state index contributed by atoms with van der Waals surface area (Å²) in [4.78, 5) is 24.3. The smallest absolute Gasteiger partial charge is 0.330 e. The van der Waals surface area contributed by atoms with E-state index < -0.39 is 24.0 Å². The molecule has 1 rings (SSSR count). The fourth-order valence-corrected chi connectivity index (χ4v) is 2.22. The maximum Gasteiger partial charge on any atom is 0.330 e. The van der Waals surface area contributed by atoms with Gasteiger partial charge in [0, 0.05) is 12.7 Å². The van der Waals surface area contributed by atoms with Gasteiger partial charge in [-0.1, -0.05) is 42.5 Å². The number of carbonyl (C=O) groups is 2. The quantitative estimate of drug-likeness (QED) is 0.347. The van der Waals surface area contributed by atoms with Gasteiger partial charge in [-0.25, -0.2) is 4.79 Å². The third-order valence-electron chi connectivity index (χ3n) is 3.33. The summed E-state index contributed by atoms with van der Waals surface area (Å²) < 4.78 is 16.3. The minimum absolute atomic E-state index is 0.195. The normalized spacial score (nSPS) is 14.4. The lowest BCUT2D eigenvalue weighted by atomic mass is 10.1. The summed E-state index contributed by atoms with van der Waals surface area (Å²) >= 11 is 0. The first-order valence-corrected chi connectivity index (χ1v) is 9.15. The van der Waals surface area contributed by atoms with Crippen LogP contribution in [-0.2, 0) is 23.8 Å². The van der Waals surface area contributed by atoms with Crippen LogP contribution in [0.15, 0.2) is 48.6 Å². The molecule has 5 heteroatoms. The maximum absolute atomic E-state index is 12.5. The van der Waals surface area contributed by atoms with Gasteiger partial charge in [0.15, 0.2) is 12.1 Å². The third-order valence-corrected chi connectivity index (χ3v) is 3.33. The molecule has 1 aromatic rings. The standard InChI is InChI=1S/C22H30O5/c1-6-25-17(2)26-20(13-10-14-21(24)27-22(3,4)5)19(23)16-15-18-11-8-7-9-12-18/h7-12,14-17,20H,6,13H2,1-5H3/b14-10+,16-15+/t17?,20-/m0/s1. The van der Waals surface area contributed by atoms with Gasteiger partial charge in [0.1, 0.15) is 11.7 Å². The van der Waals surface area contributed by atoms with Crippen molar-refractivity contribution in [1.29, 1.82) is 0 Å². The maximum atomic E-state index is 12.5. The highest BCUT2D eigenvalue weighted by Gasteiger charge is 2.19. The average Bonchev–Trinajstić information content (AvgIpc) is 2.58.